The van der Waals surface area contributed by atoms with Crippen LogP contribution in [0.1, 0.15) is 64.6 Å². The standard InChI is InChI=1S/C20H30N4O2/c1-4-13-23-18-17(19(25)24(14-5-2)20(23)26)22(3)16(21-18)12-11-15-9-7-6-8-10-15/h11-12,15H,4-10,13-14H2,1-3H3/b12-11+. The smallest absolute Gasteiger partial charge is 0.322 e. The molecule has 6 nitrogen and oxygen atoms in total. The van der Waals surface area contributed by atoms with Gasteiger partial charge in [-0.05, 0) is 37.7 Å². The van der Waals surface area contributed by atoms with Crippen molar-refractivity contribution in [3.8, 4) is 0 Å². The third-order valence-corrected chi connectivity index (χ3v) is 5.34. The van der Waals surface area contributed by atoms with Crippen LogP contribution in [0.25, 0.3) is 17.2 Å². The number of aryl methyl sites for hydroxylation is 2. The highest BCUT2D eigenvalue weighted by atomic mass is 16.2. The zero-order valence-corrected chi connectivity index (χ0v) is 16.2. The molecular formula is C20H30N4O2. The van der Waals surface area contributed by atoms with E-state index in [0.29, 0.717) is 30.2 Å². The van der Waals surface area contributed by atoms with Crippen LogP contribution < -0.4 is 11.2 Å². The van der Waals surface area contributed by atoms with Crippen molar-refractivity contribution in [3.63, 3.8) is 0 Å². The number of aromatic nitrogens is 4. The van der Waals surface area contributed by atoms with Gasteiger partial charge < -0.3 is 4.57 Å². The Morgan fingerprint density at radius 2 is 1.69 bits per heavy atom. The van der Waals surface area contributed by atoms with E-state index in [0.717, 1.165) is 18.7 Å². The van der Waals surface area contributed by atoms with Crippen molar-refractivity contribution in [2.45, 2.75) is 71.9 Å². The minimum atomic E-state index is -0.243. The van der Waals surface area contributed by atoms with Gasteiger partial charge in [0.05, 0.1) is 0 Å². The average molecular weight is 358 g/mol. The molecule has 0 aliphatic heterocycles. The summed E-state index contributed by atoms with van der Waals surface area (Å²) < 4.78 is 4.85. The molecule has 2 aromatic heterocycles. The molecule has 142 valence electrons. The molecule has 0 unspecified atom stereocenters. The second kappa shape index (κ2) is 8.06. The van der Waals surface area contributed by atoms with E-state index in [1.54, 1.807) is 4.57 Å². The maximum Gasteiger partial charge on any atom is 0.332 e. The largest absolute Gasteiger partial charge is 0.332 e. The van der Waals surface area contributed by atoms with Crippen LogP contribution in [0.4, 0.5) is 0 Å². The Bertz CT molecular complexity index is 911. The first-order valence-electron chi connectivity index (χ1n) is 9.96. The number of rotatable bonds is 6. The van der Waals surface area contributed by atoms with Gasteiger partial charge in [0, 0.05) is 20.1 Å². The first-order valence-corrected chi connectivity index (χ1v) is 9.96. The number of nitrogens with zero attached hydrogens (tertiary/aromatic N) is 4. The molecule has 26 heavy (non-hydrogen) atoms. The summed E-state index contributed by atoms with van der Waals surface area (Å²) in [6.07, 6.45) is 12.2. The second-order valence-electron chi connectivity index (χ2n) is 7.35. The lowest BCUT2D eigenvalue weighted by Crippen LogP contribution is -2.40. The summed E-state index contributed by atoms with van der Waals surface area (Å²) in [6.45, 7) is 5.01. The fourth-order valence-electron chi connectivity index (χ4n) is 3.92. The van der Waals surface area contributed by atoms with Crippen LogP contribution in [0, 0.1) is 5.92 Å². The van der Waals surface area contributed by atoms with Gasteiger partial charge in [-0.2, -0.15) is 0 Å². The normalized spacial score (nSPS) is 16.1. The van der Waals surface area contributed by atoms with Crippen molar-refractivity contribution in [1.82, 2.24) is 18.7 Å². The Morgan fingerprint density at radius 3 is 2.35 bits per heavy atom. The third kappa shape index (κ3) is 3.41. The van der Waals surface area contributed by atoms with Gasteiger partial charge in [-0.15, -0.1) is 0 Å². The Morgan fingerprint density at radius 1 is 1.04 bits per heavy atom. The van der Waals surface area contributed by atoms with Crippen LogP contribution in [0.5, 0.6) is 0 Å². The number of hydrogen-bond donors (Lipinski definition) is 0. The van der Waals surface area contributed by atoms with E-state index in [9.17, 15) is 9.59 Å². The first kappa shape index (κ1) is 18.7. The molecule has 0 aromatic carbocycles. The van der Waals surface area contributed by atoms with E-state index in [4.69, 9.17) is 0 Å². The molecule has 0 spiro atoms. The quantitative estimate of drug-likeness (QED) is 0.796. The molecule has 1 saturated carbocycles. The maximum atomic E-state index is 12.9. The summed E-state index contributed by atoms with van der Waals surface area (Å²) in [5, 5.41) is 0. The summed E-state index contributed by atoms with van der Waals surface area (Å²) in [6, 6.07) is 0. The van der Waals surface area contributed by atoms with Crippen LogP contribution in [0.2, 0.25) is 0 Å². The molecule has 0 amide bonds. The van der Waals surface area contributed by atoms with Crippen LogP contribution >= 0.6 is 0 Å². The second-order valence-corrected chi connectivity index (χ2v) is 7.35. The molecule has 0 atom stereocenters. The van der Waals surface area contributed by atoms with Gasteiger partial charge in [0.2, 0.25) is 0 Å². The van der Waals surface area contributed by atoms with Crippen molar-refractivity contribution in [2.75, 3.05) is 0 Å². The van der Waals surface area contributed by atoms with Crippen LogP contribution in [0.3, 0.4) is 0 Å². The molecule has 1 aliphatic rings. The molecule has 1 fully saturated rings. The maximum absolute atomic E-state index is 12.9. The number of fused-ring (bicyclic) bond motifs is 1. The first-order chi connectivity index (χ1) is 12.6. The minimum absolute atomic E-state index is 0.230. The highest BCUT2D eigenvalue weighted by Crippen LogP contribution is 2.25. The van der Waals surface area contributed by atoms with Crippen LogP contribution in [-0.4, -0.2) is 18.7 Å². The van der Waals surface area contributed by atoms with Crippen molar-refractivity contribution in [2.24, 2.45) is 13.0 Å². The van der Waals surface area contributed by atoms with Gasteiger partial charge in [0.25, 0.3) is 5.56 Å². The topological polar surface area (TPSA) is 61.8 Å². The number of allylic oxidation sites excluding steroid dienone is 1. The fraction of sp³-hybridized carbons (Fsp3) is 0.650. The van der Waals surface area contributed by atoms with Gasteiger partial charge in [0.1, 0.15) is 5.82 Å². The average Bonchev–Trinajstić information content (AvgIpc) is 2.98. The molecule has 2 aromatic rings. The van der Waals surface area contributed by atoms with E-state index < -0.39 is 0 Å². The van der Waals surface area contributed by atoms with Crippen LogP contribution in [0.15, 0.2) is 15.7 Å². The molecule has 0 bridgehead atoms. The van der Waals surface area contributed by atoms with E-state index in [2.05, 4.69) is 11.1 Å². The molecule has 3 rings (SSSR count). The molecule has 6 heteroatoms. The van der Waals surface area contributed by atoms with E-state index in [1.807, 2.05) is 31.5 Å². The highest BCUT2D eigenvalue weighted by Gasteiger charge is 2.19. The Labute approximate surface area is 154 Å². The predicted octanol–water partition coefficient (Wildman–Crippen LogP) is 3.31. The molecular weight excluding hydrogens is 328 g/mol. The summed E-state index contributed by atoms with van der Waals surface area (Å²) >= 11 is 0. The zero-order valence-electron chi connectivity index (χ0n) is 16.2. The van der Waals surface area contributed by atoms with Gasteiger partial charge in [-0.25, -0.2) is 9.78 Å². The summed E-state index contributed by atoms with van der Waals surface area (Å²) in [5.41, 5.74) is 0.563. The molecule has 0 N–H and O–H groups in total. The Hall–Kier alpha value is -2.11. The Balaban J connectivity index is 2.12. The molecule has 2 heterocycles. The van der Waals surface area contributed by atoms with Crippen molar-refractivity contribution >= 4 is 17.2 Å². The predicted molar refractivity (Wildman–Crippen MR) is 105 cm³/mol. The summed E-state index contributed by atoms with van der Waals surface area (Å²) in [4.78, 5) is 30.3. The van der Waals surface area contributed by atoms with Crippen molar-refractivity contribution < 1.29 is 0 Å². The number of imidazole rings is 1. The van der Waals surface area contributed by atoms with E-state index >= 15 is 0 Å². The van der Waals surface area contributed by atoms with Gasteiger partial charge >= 0.3 is 5.69 Å². The lowest BCUT2D eigenvalue weighted by atomic mass is 9.89. The summed E-state index contributed by atoms with van der Waals surface area (Å²) in [5.74, 6) is 1.35. The fourth-order valence-corrected chi connectivity index (χ4v) is 3.92. The van der Waals surface area contributed by atoms with Crippen molar-refractivity contribution in [1.29, 1.82) is 0 Å². The van der Waals surface area contributed by atoms with Gasteiger partial charge in [-0.1, -0.05) is 39.2 Å². The van der Waals surface area contributed by atoms with E-state index in [-0.39, 0.29) is 11.2 Å². The lowest BCUT2D eigenvalue weighted by molar-refractivity contribution is 0.420. The monoisotopic (exact) mass is 358 g/mol. The molecule has 1 aliphatic carbocycles. The van der Waals surface area contributed by atoms with E-state index in [1.165, 1.54) is 36.7 Å². The third-order valence-electron chi connectivity index (χ3n) is 5.34. The van der Waals surface area contributed by atoms with Gasteiger partial charge in [0.15, 0.2) is 11.2 Å². The number of hydrogen-bond acceptors (Lipinski definition) is 3. The Kier molecular flexibility index (Phi) is 5.79. The minimum Gasteiger partial charge on any atom is -0.322 e. The highest BCUT2D eigenvalue weighted by molar-refractivity contribution is 5.73. The van der Waals surface area contributed by atoms with Crippen molar-refractivity contribution in [3.05, 3.63) is 32.7 Å². The SMILES string of the molecule is CCCn1c(=O)c2c(nc(/C=C/C3CCCCC3)n2C)n(CCC)c1=O. The van der Waals surface area contributed by atoms with Gasteiger partial charge in [-0.3, -0.25) is 13.9 Å². The summed E-state index contributed by atoms with van der Waals surface area (Å²) in [7, 11) is 1.87. The molecule has 0 radical (unpaired) electrons. The zero-order chi connectivity index (χ0) is 18.7. The van der Waals surface area contributed by atoms with Crippen LogP contribution in [-0.2, 0) is 20.1 Å². The lowest BCUT2D eigenvalue weighted by Gasteiger charge is -2.17. The molecule has 0 saturated heterocycles.